The molecule has 0 fully saturated rings. The minimum Gasteiger partial charge on any atom is -0.0911 e. The Morgan fingerprint density at radius 2 is 1.63 bits per heavy atom. The third-order valence-corrected chi connectivity index (χ3v) is 5.28. The molecular weight excluding hydrogens is 228 g/mol. The molecule has 114 valence electrons. The molecule has 4 unspecified atom stereocenters. The van der Waals surface area contributed by atoms with Crippen LogP contribution in [0.4, 0.5) is 0 Å². The molecule has 0 bridgehead atoms. The number of unbranched alkanes of at least 4 members (excludes halogenated alkanes) is 1. The highest BCUT2D eigenvalue weighted by molar-refractivity contribution is 4.97. The van der Waals surface area contributed by atoms with Crippen LogP contribution in [0.1, 0.15) is 81.1 Å². The van der Waals surface area contributed by atoms with E-state index in [1.165, 1.54) is 25.7 Å². The van der Waals surface area contributed by atoms with Crippen LogP contribution in [0.2, 0.25) is 0 Å². The van der Waals surface area contributed by atoms with E-state index in [1.807, 2.05) is 0 Å². The van der Waals surface area contributed by atoms with Gasteiger partial charge in [-0.1, -0.05) is 79.9 Å². The Bertz CT molecular complexity index is 249. The topological polar surface area (TPSA) is 0 Å². The highest BCUT2D eigenvalue weighted by atomic mass is 14.4. The van der Waals surface area contributed by atoms with Crippen molar-refractivity contribution in [3.05, 3.63) is 12.2 Å². The van der Waals surface area contributed by atoms with Crippen LogP contribution in [0.5, 0.6) is 0 Å². The maximum absolute atomic E-state index is 2.45. The Balaban J connectivity index is 4.42. The molecule has 0 aliphatic carbocycles. The molecule has 0 aromatic heterocycles. The molecule has 0 rings (SSSR count). The molecule has 4 atom stereocenters. The van der Waals surface area contributed by atoms with Gasteiger partial charge in [0.2, 0.25) is 0 Å². The Hall–Kier alpha value is -0.260. The van der Waals surface area contributed by atoms with Crippen molar-refractivity contribution in [3.63, 3.8) is 0 Å². The number of hydrogen-bond acceptors (Lipinski definition) is 0. The fourth-order valence-corrected chi connectivity index (χ4v) is 3.27. The Morgan fingerprint density at radius 1 is 1.05 bits per heavy atom. The monoisotopic (exact) mass is 266 g/mol. The molecule has 0 aromatic rings. The summed E-state index contributed by atoms with van der Waals surface area (Å²) >= 11 is 0. The second kappa shape index (κ2) is 8.82. The fourth-order valence-electron chi connectivity index (χ4n) is 3.27. The van der Waals surface area contributed by atoms with Crippen molar-refractivity contribution in [2.45, 2.75) is 81.1 Å². The van der Waals surface area contributed by atoms with E-state index >= 15 is 0 Å². The van der Waals surface area contributed by atoms with Gasteiger partial charge in [-0.05, 0) is 42.4 Å². The summed E-state index contributed by atoms with van der Waals surface area (Å²) in [6, 6.07) is 0. The van der Waals surface area contributed by atoms with Crippen molar-refractivity contribution in [1.29, 1.82) is 0 Å². The zero-order valence-electron chi connectivity index (χ0n) is 14.8. The first-order chi connectivity index (χ1) is 8.76. The van der Waals surface area contributed by atoms with E-state index in [0.717, 1.165) is 23.7 Å². The maximum atomic E-state index is 2.45. The quantitative estimate of drug-likeness (QED) is 0.407. The summed E-state index contributed by atoms with van der Waals surface area (Å²) in [5, 5.41) is 0. The van der Waals surface area contributed by atoms with E-state index in [4.69, 9.17) is 0 Å². The Morgan fingerprint density at radius 3 is 2.11 bits per heavy atom. The van der Waals surface area contributed by atoms with Crippen molar-refractivity contribution in [1.82, 2.24) is 0 Å². The van der Waals surface area contributed by atoms with Gasteiger partial charge >= 0.3 is 0 Å². The number of hydrogen-bond donors (Lipinski definition) is 0. The highest BCUT2D eigenvalue weighted by Crippen LogP contribution is 2.38. The summed E-state index contributed by atoms with van der Waals surface area (Å²) in [7, 11) is 0. The molecule has 0 aliphatic heterocycles. The van der Waals surface area contributed by atoms with Crippen molar-refractivity contribution in [2.24, 2.45) is 29.1 Å². The van der Waals surface area contributed by atoms with E-state index in [9.17, 15) is 0 Å². The van der Waals surface area contributed by atoms with E-state index in [2.05, 4.69) is 67.5 Å². The van der Waals surface area contributed by atoms with E-state index < -0.39 is 0 Å². The van der Waals surface area contributed by atoms with Gasteiger partial charge in [0.25, 0.3) is 0 Å². The third kappa shape index (κ3) is 6.63. The Labute approximate surface area is 123 Å². The maximum Gasteiger partial charge on any atom is -0.0147 e. The van der Waals surface area contributed by atoms with Crippen LogP contribution in [-0.4, -0.2) is 0 Å². The molecular formula is C19H38. The minimum absolute atomic E-state index is 0.315. The molecule has 0 amide bonds. The van der Waals surface area contributed by atoms with Gasteiger partial charge in [0.1, 0.15) is 0 Å². The number of rotatable bonds is 9. The molecule has 0 heteroatoms. The lowest BCUT2D eigenvalue weighted by Gasteiger charge is -2.37. The van der Waals surface area contributed by atoms with Gasteiger partial charge in [0, 0.05) is 0 Å². The van der Waals surface area contributed by atoms with E-state index in [-0.39, 0.29) is 0 Å². The second-order valence-corrected chi connectivity index (χ2v) is 7.43. The molecule has 0 aliphatic rings. The SMILES string of the molecule is CC=CC(C)(C)C(C)C(C)C(C)CC(C)CCCC. The summed E-state index contributed by atoms with van der Waals surface area (Å²) in [5.74, 6) is 3.23. The predicted octanol–water partition coefficient (Wildman–Crippen LogP) is 6.71. The van der Waals surface area contributed by atoms with E-state index in [1.54, 1.807) is 0 Å². The average molecular weight is 267 g/mol. The third-order valence-electron chi connectivity index (χ3n) is 5.28. The van der Waals surface area contributed by atoms with Crippen LogP contribution in [-0.2, 0) is 0 Å². The lowest BCUT2D eigenvalue weighted by atomic mass is 9.68. The largest absolute Gasteiger partial charge is 0.0911 e. The first-order valence-corrected chi connectivity index (χ1v) is 8.40. The summed E-state index contributed by atoms with van der Waals surface area (Å²) in [4.78, 5) is 0. The van der Waals surface area contributed by atoms with Gasteiger partial charge in [-0.2, -0.15) is 0 Å². The zero-order valence-corrected chi connectivity index (χ0v) is 14.8. The lowest BCUT2D eigenvalue weighted by molar-refractivity contribution is 0.153. The molecule has 0 N–H and O–H groups in total. The number of allylic oxidation sites excluding steroid dienone is 2. The lowest BCUT2D eigenvalue weighted by Crippen LogP contribution is -2.29. The summed E-state index contributed by atoms with van der Waals surface area (Å²) in [6.45, 7) is 18.9. The van der Waals surface area contributed by atoms with Gasteiger partial charge in [0.15, 0.2) is 0 Å². The van der Waals surface area contributed by atoms with Crippen molar-refractivity contribution in [3.8, 4) is 0 Å². The zero-order chi connectivity index (χ0) is 15.1. The predicted molar refractivity (Wildman–Crippen MR) is 89.4 cm³/mol. The van der Waals surface area contributed by atoms with Gasteiger partial charge in [-0.15, -0.1) is 0 Å². The fraction of sp³-hybridized carbons (Fsp3) is 0.895. The molecule has 19 heavy (non-hydrogen) atoms. The van der Waals surface area contributed by atoms with Gasteiger partial charge in [-0.25, -0.2) is 0 Å². The van der Waals surface area contributed by atoms with Crippen LogP contribution in [0, 0.1) is 29.1 Å². The standard InChI is InChI=1S/C19H38/c1-9-11-12-15(3)14-16(4)17(5)18(6)19(7,8)13-10-2/h10,13,15-18H,9,11-12,14H2,1-8H3. The van der Waals surface area contributed by atoms with Crippen LogP contribution >= 0.6 is 0 Å². The molecule has 0 aromatic carbocycles. The molecule has 0 saturated heterocycles. The van der Waals surface area contributed by atoms with Crippen molar-refractivity contribution < 1.29 is 0 Å². The normalized spacial score (nSPS) is 19.4. The summed E-state index contributed by atoms with van der Waals surface area (Å²) in [6.07, 6.45) is 10.1. The first kappa shape index (κ1) is 18.7. The Kier molecular flexibility index (Phi) is 8.70. The van der Waals surface area contributed by atoms with E-state index in [0.29, 0.717) is 5.41 Å². The second-order valence-electron chi connectivity index (χ2n) is 7.43. The molecule has 0 nitrogen and oxygen atoms in total. The first-order valence-electron chi connectivity index (χ1n) is 8.40. The van der Waals surface area contributed by atoms with Crippen LogP contribution < -0.4 is 0 Å². The van der Waals surface area contributed by atoms with Gasteiger partial charge in [-0.3, -0.25) is 0 Å². The molecule has 0 saturated carbocycles. The average Bonchev–Trinajstić information content (AvgIpc) is 2.34. The molecule has 0 spiro atoms. The summed E-state index contributed by atoms with van der Waals surface area (Å²) in [5.41, 5.74) is 0.315. The summed E-state index contributed by atoms with van der Waals surface area (Å²) < 4.78 is 0. The smallest absolute Gasteiger partial charge is 0.0147 e. The van der Waals surface area contributed by atoms with Crippen LogP contribution in [0.15, 0.2) is 12.2 Å². The van der Waals surface area contributed by atoms with Crippen molar-refractivity contribution >= 4 is 0 Å². The highest BCUT2D eigenvalue weighted by Gasteiger charge is 2.30. The van der Waals surface area contributed by atoms with Crippen LogP contribution in [0.25, 0.3) is 0 Å². The van der Waals surface area contributed by atoms with Crippen LogP contribution in [0.3, 0.4) is 0 Å². The van der Waals surface area contributed by atoms with Gasteiger partial charge in [0.05, 0.1) is 0 Å². The minimum atomic E-state index is 0.315. The molecule has 0 radical (unpaired) electrons. The van der Waals surface area contributed by atoms with Gasteiger partial charge < -0.3 is 0 Å². The van der Waals surface area contributed by atoms with Crippen molar-refractivity contribution in [2.75, 3.05) is 0 Å². The molecule has 0 heterocycles.